The molecule has 0 aliphatic heterocycles. The minimum Gasteiger partial charge on any atom is -0.369 e. The molecule has 23 heavy (non-hydrogen) atoms. The van der Waals surface area contributed by atoms with Crippen LogP contribution in [0.3, 0.4) is 0 Å². The molecule has 0 saturated heterocycles. The van der Waals surface area contributed by atoms with E-state index in [1.165, 1.54) is 0 Å². The fourth-order valence-electron chi connectivity index (χ4n) is 2.45. The van der Waals surface area contributed by atoms with Crippen LogP contribution >= 0.6 is 23.2 Å². The number of nitrogens with one attached hydrogen (secondary N) is 2. The maximum absolute atomic E-state index is 11.9. The van der Waals surface area contributed by atoms with Crippen molar-refractivity contribution in [2.75, 3.05) is 6.54 Å². The Morgan fingerprint density at radius 2 is 1.91 bits per heavy atom. The molecule has 1 aliphatic rings. The van der Waals surface area contributed by atoms with Gasteiger partial charge in [0.05, 0.1) is 0 Å². The van der Waals surface area contributed by atoms with Gasteiger partial charge < -0.3 is 11.1 Å². The highest BCUT2D eigenvalue weighted by atomic mass is 35.5. The van der Waals surface area contributed by atoms with E-state index in [4.69, 9.17) is 28.9 Å². The summed E-state index contributed by atoms with van der Waals surface area (Å²) in [6, 6.07) is 0. The molecule has 130 valence electrons. The van der Waals surface area contributed by atoms with Crippen molar-refractivity contribution in [3.63, 3.8) is 0 Å². The van der Waals surface area contributed by atoms with Gasteiger partial charge in [-0.15, -0.1) is 23.2 Å². The molecule has 0 heterocycles. The summed E-state index contributed by atoms with van der Waals surface area (Å²) in [7, 11) is 0. The van der Waals surface area contributed by atoms with Gasteiger partial charge in [-0.05, 0) is 19.3 Å². The van der Waals surface area contributed by atoms with Gasteiger partial charge in [0.1, 0.15) is 0 Å². The van der Waals surface area contributed by atoms with E-state index in [0.29, 0.717) is 19.4 Å². The smallest absolute Gasteiger partial charge is 0.248 e. The number of carbonyl (C=O) groups excluding carboxylic acids is 3. The minimum atomic E-state index is -0.460. The number of alkyl halides is 2. The molecule has 0 aromatic heterocycles. The summed E-state index contributed by atoms with van der Waals surface area (Å²) in [5.41, 5.74) is 5.54. The number of guanidine groups is 1. The summed E-state index contributed by atoms with van der Waals surface area (Å²) in [5.74, 6) is -1.18. The maximum Gasteiger partial charge on any atom is 0.248 e. The van der Waals surface area contributed by atoms with Gasteiger partial charge in [-0.3, -0.25) is 19.7 Å². The van der Waals surface area contributed by atoms with E-state index < -0.39 is 5.91 Å². The highest BCUT2D eigenvalue weighted by Gasteiger charge is 2.32. The number of aliphatic imine (C=N–C) groups is 1. The van der Waals surface area contributed by atoms with Crippen LogP contribution in [0.5, 0.6) is 0 Å². The Kier molecular flexibility index (Phi) is 8.94. The lowest BCUT2D eigenvalue weighted by Gasteiger charge is -2.30. The second-order valence-corrected chi connectivity index (χ2v) is 6.57. The summed E-state index contributed by atoms with van der Waals surface area (Å²) in [4.78, 5) is 37.1. The van der Waals surface area contributed by atoms with Crippen molar-refractivity contribution >= 4 is 47.4 Å². The van der Waals surface area contributed by atoms with E-state index in [1.807, 2.05) is 0 Å². The van der Waals surface area contributed by atoms with Gasteiger partial charge >= 0.3 is 0 Å². The molecule has 4 N–H and O–H groups in total. The molecule has 7 nitrogen and oxygen atoms in total. The summed E-state index contributed by atoms with van der Waals surface area (Å²) >= 11 is 12.4. The monoisotopic (exact) mass is 364 g/mol. The van der Waals surface area contributed by atoms with Crippen molar-refractivity contribution in [3.05, 3.63) is 0 Å². The van der Waals surface area contributed by atoms with Crippen LogP contribution in [0.15, 0.2) is 4.99 Å². The Morgan fingerprint density at radius 3 is 2.52 bits per heavy atom. The Hall–Kier alpha value is -1.34. The highest BCUT2D eigenvalue weighted by Crippen LogP contribution is 2.34. The van der Waals surface area contributed by atoms with Gasteiger partial charge in [-0.2, -0.15) is 4.99 Å². The molecule has 1 fully saturated rings. The molecular formula is C14H22Cl2N4O3. The second kappa shape index (κ2) is 10.4. The molecule has 0 aromatic carbocycles. The highest BCUT2D eigenvalue weighted by molar-refractivity contribution is 6.24. The predicted molar refractivity (Wildman–Crippen MR) is 89.3 cm³/mol. The Labute approximate surface area is 145 Å². The summed E-state index contributed by atoms with van der Waals surface area (Å²) in [6.07, 6.45) is 3.91. The number of hydrogen-bond donors (Lipinski definition) is 3. The second-order valence-electron chi connectivity index (χ2n) is 5.45. The zero-order valence-electron chi connectivity index (χ0n) is 12.8. The first-order valence-electron chi connectivity index (χ1n) is 7.56. The first kappa shape index (κ1) is 19.7. The van der Waals surface area contributed by atoms with Crippen molar-refractivity contribution in [2.45, 2.75) is 49.3 Å². The predicted octanol–water partition coefficient (Wildman–Crippen LogP) is 0.875. The zero-order valence-corrected chi connectivity index (χ0v) is 14.3. The average molecular weight is 365 g/mol. The van der Waals surface area contributed by atoms with Gasteiger partial charge in [-0.1, -0.05) is 6.42 Å². The summed E-state index contributed by atoms with van der Waals surface area (Å²) in [6.45, 7) is 0.382. The van der Waals surface area contributed by atoms with E-state index in [0.717, 1.165) is 19.3 Å². The molecule has 0 spiro atoms. The van der Waals surface area contributed by atoms with E-state index in [2.05, 4.69) is 15.6 Å². The van der Waals surface area contributed by atoms with Gasteiger partial charge in [0.2, 0.25) is 24.2 Å². The van der Waals surface area contributed by atoms with E-state index >= 15 is 0 Å². The van der Waals surface area contributed by atoms with Crippen LogP contribution in [-0.4, -0.2) is 41.5 Å². The van der Waals surface area contributed by atoms with Crippen molar-refractivity contribution in [1.29, 1.82) is 0 Å². The molecule has 9 heteroatoms. The maximum atomic E-state index is 11.9. The van der Waals surface area contributed by atoms with Crippen LogP contribution in [0.25, 0.3) is 0 Å². The van der Waals surface area contributed by atoms with Crippen LogP contribution in [0.1, 0.15) is 38.5 Å². The van der Waals surface area contributed by atoms with E-state index in [-0.39, 0.29) is 41.4 Å². The van der Waals surface area contributed by atoms with Gasteiger partial charge in [-0.25, -0.2) is 0 Å². The van der Waals surface area contributed by atoms with Gasteiger partial charge in [0.25, 0.3) is 0 Å². The number of halogens is 2. The van der Waals surface area contributed by atoms with Crippen LogP contribution < -0.4 is 16.4 Å². The Morgan fingerprint density at radius 1 is 1.26 bits per heavy atom. The fourth-order valence-corrected chi connectivity index (χ4v) is 3.36. The first-order chi connectivity index (χ1) is 10.9. The van der Waals surface area contributed by atoms with E-state index in [1.54, 1.807) is 0 Å². The van der Waals surface area contributed by atoms with Gasteiger partial charge in [0, 0.05) is 36.1 Å². The molecule has 0 aromatic rings. The average Bonchev–Trinajstić information content (AvgIpc) is 2.47. The normalized spacial score (nSPS) is 24.8. The molecule has 1 aliphatic carbocycles. The topological polar surface area (TPSA) is 114 Å². The summed E-state index contributed by atoms with van der Waals surface area (Å²) in [5, 5.41) is 4.54. The molecule has 0 bridgehead atoms. The van der Waals surface area contributed by atoms with Crippen LogP contribution in [0, 0.1) is 5.92 Å². The Balaban J connectivity index is 2.38. The van der Waals surface area contributed by atoms with Crippen molar-refractivity contribution < 1.29 is 14.4 Å². The lowest BCUT2D eigenvalue weighted by Crippen LogP contribution is -2.41. The van der Waals surface area contributed by atoms with Crippen molar-refractivity contribution in [3.8, 4) is 0 Å². The van der Waals surface area contributed by atoms with Crippen LogP contribution in [0.4, 0.5) is 0 Å². The van der Waals surface area contributed by atoms with Crippen molar-refractivity contribution in [2.24, 2.45) is 16.6 Å². The summed E-state index contributed by atoms with van der Waals surface area (Å²) < 4.78 is 0. The number of amides is 3. The first-order valence-corrected chi connectivity index (χ1v) is 8.43. The molecule has 2 unspecified atom stereocenters. The molecule has 1 saturated carbocycles. The fraction of sp³-hybridized carbons (Fsp3) is 0.714. The lowest BCUT2D eigenvalue weighted by atomic mass is 9.86. The number of carbonyl (C=O) groups is 3. The number of nitrogens with zero attached hydrogens (tertiary/aromatic N) is 1. The van der Waals surface area contributed by atoms with Crippen LogP contribution in [0.2, 0.25) is 0 Å². The molecule has 2 atom stereocenters. The van der Waals surface area contributed by atoms with Crippen molar-refractivity contribution in [1.82, 2.24) is 10.6 Å². The number of rotatable bonds is 7. The van der Waals surface area contributed by atoms with Gasteiger partial charge in [0.15, 0.2) is 0 Å². The SMILES string of the molecule is NC(=NC(=O)CCCNC=O)NC(=O)CC1C(Cl)CCCC1Cl. The quantitative estimate of drug-likeness (QED) is 0.204. The zero-order chi connectivity index (χ0) is 17.2. The third-order valence-corrected chi connectivity index (χ3v) is 4.70. The standard InChI is InChI=1S/C14H22Cl2N4O3/c15-10-3-1-4-11(16)9(10)7-13(23)20-14(17)19-12(22)5-2-6-18-8-21/h8-11H,1-7H2,(H,18,21)(H3,17,19,20,22,23). The molecular weight excluding hydrogens is 343 g/mol. The molecule has 1 rings (SSSR count). The third kappa shape index (κ3) is 7.65. The lowest BCUT2D eigenvalue weighted by molar-refractivity contribution is -0.120. The number of hydrogen-bond acceptors (Lipinski definition) is 3. The molecule has 3 amide bonds. The number of nitrogens with two attached hydrogens (primary N) is 1. The third-order valence-electron chi connectivity index (χ3n) is 3.62. The largest absolute Gasteiger partial charge is 0.369 e. The minimum absolute atomic E-state index is 0.120. The Bertz CT molecular complexity index is 449. The van der Waals surface area contributed by atoms with E-state index in [9.17, 15) is 14.4 Å². The molecule has 0 radical (unpaired) electrons. The van der Waals surface area contributed by atoms with Crippen LogP contribution in [-0.2, 0) is 14.4 Å².